The van der Waals surface area contributed by atoms with Gasteiger partial charge in [-0.15, -0.1) is 0 Å². The Morgan fingerprint density at radius 3 is 2.85 bits per heavy atom. The van der Waals surface area contributed by atoms with Gasteiger partial charge in [0.2, 0.25) is 0 Å². The summed E-state index contributed by atoms with van der Waals surface area (Å²) in [6.07, 6.45) is -0.264. The average molecular weight is 383 g/mol. The largest absolute Gasteiger partial charge is 0.341 e. The number of rotatable bonds is 1. The third-order valence-corrected chi connectivity index (χ3v) is 5.61. The van der Waals surface area contributed by atoms with Crippen molar-refractivity contribution in [3.05, 3.63) is 28.5 Å². The van der Waals surface area contributed by atoms with E-state index >= 15 is 0 Å². The van der Waals surface area contributed by atoms with E-state index in [9.17, 15) is 14.0 Å². The average Bonchev–Trinajstić information content (AvgIpc) is 3.04. The number of halogens is 2. The Morgan fingerprint density at radius 1 is 1.38 bits per heavy atom. The minimum Gasteiger partial charge on any atom is -0.341 e. The number of hydrogen-bond donors (Lipinski definition) is 1. The normalized spacial score (nSPS) is 32.2. The van der Waals surface area contributed by atoms with Crippen LogP contribution in [0.25, 0.3) is 0 Å². The van der Waals surface area contributed by atoms with Gasteiger partial charge < -0.3 is 19.7 Å². The standard InChI is InChI=1S/C18H20ClFN2O4/c1-8-4-5-9-11(7-6-10(20)12(9)19)22(8)17(24)13-14-15(16(23)21-13)26-18(2,3)25-14/h6-8,13-15H,4-5H2,1-3H3,(H,21,23)/t8?,13-,14-,15-/m0/s1. The van der Waals surface area contributed by atoms with Gasteiger partial charge in [-0.3, -0.25) is 9.59 Å². The van der Waals surface area contributed by atoms with E-state index in [2.05, 4.69) is 5.32 Å². The van der Waals surface area contributed by atoms with E-state index in [1.54, 1.807) is 24.8 Å². The summed E-state index contributed by atoms with van der Waals surface area (Å²) in [5.41, 5.74) is 1.19. The number of carbonyl (C=O) groups is 2. The molecule has 0 bridgehead atoms. The lowest BCUT2D eigenvalue weighted by Crippen LogP contribution is -2.54. The summed E-state index contributed by atoms with van der Waals surface area (Å²) in [5, 5.41) is 2.72. The number of carbonyl (C=O) groups excluding carboxylic acids is 2. The summed E-state index contributed by atoms with van der Waals surface area (Å²) in [6.45, 7) is 5.34. The van der Waals surface area contributed by atoms with Crippen molar-refractivity contribution in [2.75, 3.05) is 4.90 Å². The van der Waals surface area contributed by atoms with Crippen molar-refractivity contribution in [2.45, 2.75) is 63.7 Å². The maximum absolute atomic E-state index is 13.8. The van der Waals surface area contributed by atoms with Crippen LogP contribution in [0.3, 0.4) is 0 Å². The topological polar surface area (TPSA) is 67.9 Å². The Hall–Kier alpha value is -1.70. The Labute approximate surface area is 155 Å². The highest BCUT2D eigenvalue weighted by Gasteiger charge is 2.57. The lowest BCUT2D eigenvalue weighted by Gasteiger charge is -2.37. The number of anilines is 1. The molecule has 1 unspecified atom stereocenters. The van der Waals surface area contributed by atoms with Crippen molar-refractivity contribution in [1.29, 1.82) is 0 Å². The summed E-state index contributed by atoms with van der Waals surface area (Å²) in [4.78, 5) is 27.1. The maximum Gasteiger partial charge on any atom is 0.252 e. The summed E-state index contributed by atoms with van der Waals surface area (Å²) in [5.74, 6) is -2.09. The third kappa shape index (κ3) is 2.61. The first-order valence-electron chi connectivity index (χ1n) is 8.65. The lowest BCUT2D eigenvalue weighted by atomic mass is 9.95. The van der Waals surface area contributed by atoms with Crippen LogP contribution in [0.2, 0.25) is 5.02 Å². The van der Waals surface area contributed by atoms with Gasteiger partial charge in [-0.2, -0.15) is 0 Å². The fraction of sp³-hybridized carbons (Fsp3) is 0.556. The zero-order valence-corrected chi connectivity index (χ0v) is 15.5. The molecule has 1 aromatic rings. The predicted octanol–water partition coefficient (Wildman–Crippen LogP) is 2.17. The van der Waals surface area contributed by atoms with Gasteiger partial charge in [0, 0.05) is 11.7 Å². The van der Waals surface area contributed by atoms with Gasteiger partial charge in [0.15, 0.2) is 11.9 Å². The van der Waals surface area contributed by atoms with Crippen LogP contribution in [0.4, 0.5) is 10.1 Å². The SMILES string of the molecule is CC1CCc2c(ccc(F)c2Cl)N1C(=O)[C@H]1NC(=O)[C@H]2OC(C)(C)O[C@@H]12. The summed E-state index contributed by atoms with van der Waals surface area (Å²) in [7, 11) is 0. The highest BCUT2D eigenvalue weighted by molar-refractivity contribution is 6.32. The molecular weight excluding hydrogens is 363 g/mol. The van der Waals surface area contributed by atoms with Crippen molar-refractivity contribution in [3.8, 4) is 0 Å². The maximum atomic E-state index is 13.8. The first kappa shape index (κ1) is 17.7. The monoisotopic (exact) mass is 382 g/mol. The van der Waals surface area contributed by atoms with Crippen molar-refractivity contribution >= 4 is 29.1 Å². The van der Waals surface area contributed by atoms with Crippen LogP contribution in [-0.4, -0.2) is 41.9 Å². The van der Waals surface area contributed by atoms with Crippen LogP contribution >= 0.6 is 11.6 Å². The Morgan fingerprint density at radius 2 is 2.12 bits per heavy atom. The molecule has 2 fully saturated rings. The molecule has 4 rings (SSSR count). The molecule has 2 saturated heterocycles. The molecule has 0 aliphatic carbocycles. The van der Waals surface area contributed by atoms with Gasteiger partial charge in [0.1, 0.15) is 18.0 Å². The van der Waals surface area contributed by atoms with Crippen LogP contribution in [0.15, 0.2) is 12.1 Å². The minimum atomic E-state index is -0.927. The second-order valence-electron chi connectivity index (χ2n) is 7.46. The van der Waals surface area contributed by atoms with E-state index < -0.39 is 29.9 Å². The number of ether oxygens (including phenoxy) is 2. The van der Waals surface area contributed by atoms with E-state index in [4.69, 9.17) is 21.1 Å². The number of nitrogens with zero attached hydrogens (tertiary/aromatic N) is 1. The second kappa shape index (κ2) is 5.90. The van der Waals surface area contributed by atoms with Crippen LogP contribution in [-0.2, 0) is 25.5 Å². The number of fused-ring (bicyclic) bond motifs is 2. The van der Waals surface area contributed by atoms with Gasteiger partial charge >= 0.3 is 0 Å². The van der Waals surface area contributed by atoms with Crippen LogP contribution < -0.4 is 10.2 Å². The number of nitrogens with one attached hydrogen (secondary N) is 1. The molecule has 0 aromatic heterocycles. The van der Waals surface area contributed by atoms with E-state index in [1.807, 2.05) is 6.92 Å². The molecule has 3 heterocycles. The predicted molar refractivity (Wildman–Crippen MR) is 92.4 cm³/mol. The summed E-state index contributed by atoms with van der Waals surface area (Å²) < 4.78 is 25.2. The minimum absolute atomic E-state index is 0.0436. The van der Waals surface area contributed by atoms with Gasteiger partial charge in [0.25, 0.3) is 11.8 Å². The number of hydrogen-bond acceptors (Lipinski definition) is 4. The Kier molecular flexibility index (Phi) is 4.02. The van der Waals surface area contributed by atoms with Crippen molar-refractivity contribution < 1.29 is 23.5 Å². The molecule has 26 heavy (non-hydrogen) atoms. The van der Waals surface area contributed by atoms with Crippen molar-refractivity contribution in [2.24, 2.45) is 0 Å². The fourth-order valence-corrected chi connectivity index (χ4v) is 4.26. The lowest BCUT2D eigenvalue weighted by molar-refractivity contribution is -0.164. The molecule has 6 nitrogen and oxygen atoms in total. The fourth-order valence-electron chi connectivity index (χ4n) is 4.01. The Balaban J connectivity index is 1.69. The second-order valence-corrected chi connectivity index (χ2v) is 7.84. The van der Waals surface area contributed by atoms with Gasteiger partial charge in [-0.05, 0) is 51.3 Å². The summed E-state index contributed by atoms with van der Waals surface area (Å²) in [6, 6.07) is 1.86. The quantitative estimate of drug-likeness (QED) is 0.808. The molecule has 1 aromatic carbocycles. The van der Waals surface area contributed by atoms with Crippen LogP contribution in [0.1, 0.15) is 32.8 Å². The first-order valence-corrected chi connectivity index (χ1v) is 9.03. The smallest absolute Gasteiger partial charge is 0.252 e. The zero-order valence-electron chi connectivity index (χ0n) is 14.7. The zero-order chi connectivity index (χ0) is 18.8. The number of benzene rings is 1. The molecule has 2 amide bonds. The first-order chi connectivity index (χ1) is 12.2. The highest BCUT2D eigenvalue weighted by atomic mass is 35.5. The highest BCUT2D eigenvalue weighted by Crippen LogP contribution is 2.39. The molecule has 1 N–H and O–H groups in total. The van der Waals surface area contributed by atoms with E-state index in [0.717, 1.165) is 0 Å². The molecule has 4 atom stereocenters. The van der Waals surface area contributed by atoms with Crippen molar-refractivity contribution in [1.82, 2.24) is 5.32 Å². The Bertz CT molecular complexity index is 800. The van der Waals surface area contributed by atoms with E-state index in [0.29, 0.717) is 24.1 Å². The molecule has 8 heteroatoms. The molecular formula is C18H20ClFN2O4. The number of amides is 2. The molecule has 0 saturated carbocycles. The van der Waals surface area contributed by atoms with E-state index in [-0.39, 0.29) is 22.9 Å². The summed E-state index contributed by atoms with van der Waals surface area (Å²) >= 11 is 6.11. The molecule has 0 radical (unpaired) electrons. The van der Waals surface area contributed by atoms with Gasteiger partial charge in [-0.1, -0.05) is 11.6 Å². The molecule has 140 valence electrons. The molecule has 3 aliphatic heterocycles. The molecule has 0 spiro atoms. The van der Waals surface area contributed by atoms with Crippen LogP contribution in [0, 0.1) is 5.82 Å². The van der Waals surface area contributed by atoms with E-state index in [1.165, 1.54) is 6.07 Å². The van der Waals surface area contributed by atoms with Crippen LogP contribution in [0.5, 0.6) is 0 Å². The van der Waals surface area contributed by atoms with Gasteiger partial charge in [-0.25, -0.2) is 4.39 Å². The van der Waals surface area contributed by atoms with Gasteiger partial charge in [0.05, 0.1) is 5.02 Å². The van der Waals surface area contributed by atoms with Crippen molar-refractivity contribution in [3.63, 3.8) is 0 Å². The third-order valence-electron chi connectivity index (χ3n) is 5.20. The molecule has 3 aliphatic rings.